The third-order valence-electron chi connectivity index (χ3n) is 12.8. The number of amides is 1. The third-order valence-corrected chi connectivity index (χ3v) is 12.8. The van der Waals surface area contributed by atoms with Crippen molar-refractivity contribution in [3.63, 3.8) is 0 Å². The van der Waals surface area contributed by atoms with E-state index < -0.39 is 29.6 Å². The van der Waals surface area contributed by atoms with Crippen LogP contribution >= 0.6 is 0 Å². The number of methoxy groups -OCH3 is 2. The Balaban J connectivity index is 0.906. The standard InChI is InChI=1S/C52H52N10O8/c1-32(63)54-41-23-12-34(50-59-58-49(70-50)33-10-17-38(18-11-33)61-26-24-60(2)25-27-61)28-42(41)55-51-56-47-46(48(65)57-51)53-31-62(47)45-29-43(64)44(69-45)30-68-52(35-8-6-5-7-9-35,36-13-19-39(66-3)20-14-36)37-15-21-40(67-4)22-16-37/h5-23,28,31,43-45,64H,24-27,29-30H2,1-4H3,(H,54,63)(H2,55,56,57,65). The van der Waals surface area contributed by atoms with Crippen LogP contribution in [0.5, 0.6) is 11.5 Å². The number of hydrogen-bond acceptors (Lipinski definition) is 15. The summed E-state index contributed by atoms with van der Waals surface area (Å²) in [5.41, 5.74) is 4.38. The molecule has 3 atom stereocenters. The van der Waals surface area contributed by atoms with Gasteiger partial charge in [-0.15, -0.1) is 10.2 Å². The molecule has 3 unspecified atom stereocenters. The molecule has 8 aromatic rings. The molecule has 5 aromatic carbocycles. The highest BCUT2D eigenvalue weighted by Crippen LogP contribution is 2.43. The van der Waals surface area contributed by atoms with E-state index in [-0.39, 0.29) is 41.9 Å². The summed E-state index contributed by atoms with van der Waals surface area (Å²) in [7, 11) is 5.37. The number of fused-ring (bicyclic) bond motifs is 1. The number of anilines is 4. The zero-order chi connectivity index (χ0) is 48.4. The van der Waals surface area contributed by atoms with E-state index in [1.54, 1.807) is 37.0 Å². The fourth-order valence-corrected chi connectivity index (χ4v) is 9.06. The van der Waals surface area contributed by atoms with Gasteiger partial charge in [0.25, 0.3) is 5.56 Å². The first-order valence-corrected chi connectivity index (χ1v) is 22.9. The van der Waals surface area contributed by atoms with Gasteiger partial charge < -0.3 is 48.9 Å². The zero-order valence-electron chi connectivity index (χ0n) is 39.0. The van der Waals surface area contributed by atoms with E-state index in [4.69, 9.17) is 28.3 Å². The van der Waals surface area contributed by atoms with Gasteiger partial charge in [-0.1, -0.05) is 54.6 Å². The number of carbonyl (C=O) groups is 1. The maximum absolute atomic E-state index is 13.6. The molecular weight excluding hydrogens is 893 g/mol. The number of benzene rings is 5. The number of aliphatic hydroxyl groups excluding tert-OH is 1. The number of aliphatic hydroxyl groups is 1. The fraction of sp³-hybridized carbons (Fsp3) is 0.269. The first-order valence-electron chi connectivity index (χ1n) is 22.9. The van der Waals surface area contributed by atoms with Crippen molar-refractivity contribution in [2.45, 2.75) is 37.4 Å². The minimum atomic E-state index is -1.14. The molecule has 0 aliphatic carbocycles. The number of nitrogens with one attached hydrogen (secondary N) is 3. The number of aromatic amines is 1. The molecule has 0 spiro atoms. The van der Waals surface area contributed by atoms with Crippen LogP contribution in [0.25, 0.3) is 34.1 Å². The molecule has 358 valence electrons. The highest BCUT2D eigenvalue weighted by Gasteiger charge is 2.42. The monoisotopic (exact) mass is 944 g/mol. The minimum absolute atomic E-state index is 0.0228. The van der Waals surface area contributed by atoms with Gasteiger partial charge in [-0.3, -0.25) is 19.1 Å². The van der Waals surface area contributed by atoms with Crippen LogP contribution in [-0.2, 0) is 19.9 Å². The van der Waals surface area contributed by atoms with E-state index in [1.807, 2.05) is 91.0 Å². The number of carbonyl (C=O) groups excluding carboxylic acids is 1. The van der Waals surface area contributed by atoms with Crippen molar-refractivity contribution in [3.05, 3.63) is 155 Å². The summed E-state index contributed by atoms with van der Waals surface area (Å²) >= 11 is 0. The lowest BCUT2D eigenvalue weighted by molar-refractivity contribution is -0.114. The normalized spacial score (nSPS) is 17.4. The molecule has 18 heteroatoms. The minimum Gasteiger partial charge on any atom is -0.497 e. The molecule has 2 aliphatic rings. The Morgan fingerprint density at radius 1 is 0.814 bits per heavy atom. The summed E-state index contributed by atoms with van der Waals surface area (Å²) in [5.74, 6) is 1.72. The van der Waals surface area contributed by atoms with Gasteiger partial charge in [0.1, 0.15) is 29.4 Å². The van der Waals surface area contributed by atoms with Crippen LogP contribution < -0.4 is 30.6 Å². The molecule has 0 bridgehead atoms. The summed E-state index contributed by atoms with van der Waals surface area (Å²) in [4.78, 5) is 42.6. The first kappa shape index (κ1) is 45.9. The van der Waals surface area contributed by atoms with Crippen molar-refractivity contribution < 1.29 is 33.3 Å². The van der Waals surface area contributed by atoms with Crippen molar-refractivity contribution in [3.8, 4) is 34.4 Å². The number of nitrogens with zero attached hydrogens (tertiary/aromatic N) is 7. The maximum atomic E-state index is 13.6. The van der Waals surface area contributed by atoms with Crippen LogP contribution in [0.15, 0.2) is 137 Å². The van der Waals surface area contributed by atoms with Gasteiger partial charge in [0, 0.05) is 56.3 Å². The summed E-state index contributed by atoms with van der Waals surface area (Å²) < 4.78 is 32.4. The van der Waals surface area contributed by atoms with Crippen LogP contribution in [0, 0.1) is 0 Å². The molecule has 18 nitrogen and oxygen atoms in total. The second-order valence-corrected chi connectivity index (χ2v) is 17.3. The highest BCUT2D eigenvalue weighted by molar-refractivity contribution is 5.94. The van der Waals surface area contributed by atoms with Crippen molar-refractivity contribution in [1.82, 2.24) is 34.6 Å². The second-order valence-electron chi connectivity index (χ2n) is 17.3. The Morgan fingerprint density at radius 2 is 1.44 bits per heavy atom. The molecular formula is C52H52N10O8. The van der Waals surface area contributed by atoms with Crippen LogP contribution in [0.1, 0.15) is 36.3 Å². The number of piperazine rings is 1. The van der Waals surface area contributed by atoms with Gasteiger partial charge >= 0.3 is 0 Å². The Hall–Kier alpha value is -7.90. The van der Waals surface area contributed by atoms with Gasteiger partial charge in [-0.2, -0.15) is 4.98 Å². The molecule has 0 radical (unpaired) electrons. The number of imidazole rings is 1. The topological polar surface area (TPSA) is 207 Å². The Morgan fingerprint density at radius 3 is 2.09 bits per heavy atom. The van der Waals surface area contributed by atoms with E-state index in [2.05, 4.69) is 59.8 Å². The fourth-order valence-electron chi connectivity index (χ4n) is 9.06. The molecule has 1 amide bonds. The van der Waals surface area contributed by atoms with Crippen LogP contribution in [0.3, 0.4) is 0 Å². The second kappa shape index (κ2) is 19.6. The predicted molar refractivity (Wildman–Crippen MR) is 263 cm³/mol. The van der Waals surface area contributed by atoms with Crippen LogP contribution in [0.4, 0.5) is 23.0 Å². The smallest absolute Gasteiger partial charge is 0.280 e. The lowest BCUT2D eigenvalue weighted by Crippen LogP contribution is -2.44. The quantitative estimate of drug-likeness (QED) is 0.0766. The van der Waals surface area contributed by atoms with Crippen molar-refractivity contribution in [1.29, 1.82) is 0 Å². The maximum Gasteiger partial charge on any atom is 0.280 e. The summed E-state index contributed by atoms with van der Waals surface area (Å²) in [5, 5.41) is 26.3. The van der Waals surface area contributed by atoms with Crippen LogP contribution in [0.2, 0.25) is 0 Å². The van der Waals surface area contributed by atoms with Gasteiger partial charge in [-0.05, 0) is 90.5 Å². The van der Waals surface area contributed by atoms with Gasteiger partial charge in [0.15, 0.2) is 11.2 Å². The molecule has 4 N–H and O–H groups in total. The van der Waals surface area contributed by atoms with E-state index in [1.165, 1.54) is 13.3 Å². The average Bonchev–Trinajstić information content (AvgIpc) is 4.15. The molecule has 2 saturated heterocycles. The third kappa shape index (κ3) is 9.19. The summed E-state index contributed by atoms with van der Waals surface area (Å²) in [6.07, 6.45) is -0.900. The van der Waals surface area contributed by atoms with Crippen molar-refractivity contribution in [2.75, 3.05) is 69.6 Å². The van der Waals surface area contributed by atoms with Gasteiger partial charge in [-0.25, -0.2) is 4.98 Å². The first-order chi connectivity index (χ1) is 34.1. The number of H-pyrrole nitrogens is 1. The van der Waals surface area contributed by atoms with E-state index in [9.17, 15) is 14.7 Å². The van der Waals surface area contributed by atoms with Crippen molar-refractivity contribution >= 4 is 40.1 Å². The molecule has 2 fully saturated rings. The lowest BCUT2D eigenvalue weighted by atomic mass is 9.80. The van der Waals surface area contributed by atoms with E-state index in [0.29, 0.717) is 34.3 Å². The largest absolute Gasteiger partial charge is 0.497 e. The van der Waals surface area contributed by atoms with Gasteiger partial charge in [0.05, 0.1) is 44.6 Å². The number of aromatic nitrogens is 6. The number of likely N-dealkylation sites (N-methyl/N-ethyl adjacent to an activating group) is 1. The number of hydrogen-bond donors (Lipinski definition) is 4. The van der Waals surface area contributed by atoms with Crippen molar-refractivity contribution in [2.24, 2.45) is 0 Å². The van der Waals surface area contributed by atoms with E-state index >= 15 is 0 Å². The Labute approximate surface area is 402 Å². The highest BCUT2D eigenvalue weighted by atomic mass is 16.6. The number of rotatable bonds is 15. The lowest BCUT2D eigenvalue weighted by Gasteiger charge is -2.37. The van der Waals surface area contributed by atoms with E-state index in [0.717, 1.165) is 54.1 Å². The zero-order valence-corrected chi connectivity index (χ0v) is 39.0. The average molecular weight is 945 g/mol. The molecule has 3 aromatic heterocycles. The molecule has 5 heterocycles. The summed E-state index contributed by atoms with van der Waals surface area (Å²) in [6, 6.07) is 38.5. The predicted octanol–water partition coefficient (Wildman–Crippen LogP) is 6.96. The van der Waals surface area contributed by atoms with Gasteiger partial charge in [0.2, 0.25) is 23.6 Å². The SMILES string of the molecule is COc1ccc(C(OCC2OC(n3cnc4c(=O)[nH]c(Nc5cc(-c6nnc(-c7ccc(N8CCN(C)CC8)cc7)o6)ccc5NC(C)=O)nc43)CC2O)(c2ccccc2)c2ccc(OC)cc2)cc1. The Kier molecular flexibility index (Phi) is 12.8. The molecule has 0 saturated carbocycles. The molecule has 2 aliphatic heterocycles. The van der Waals surface area contributed by atoms with Crippen LogP contribution in [-0.4, -0.2) is 112 Å². The number of ether oxygens (including phenoxy) is 4. The summed E-state index contributed by atoms with van der Waals surface area (Å²) in [6.45, 7) is 5.30. The Bertz CT molecular complexity index is 3100. The molecule has 10 rings (SSSR count). The molecule has 70 heavy (non-hydrogen) atoms.